The molecule has 0 saturated heterocycles. The molecule has 0 radical (unpaired) electrons. The lowest BCUT2D eigenvalue weighted by molar-refractivity contribution is 0.684. The van der Waals surface area contributed by atoms with E-state index in [0.717, 1.165) is 19.5 Å². The van der Waals surface area contributed by atoms with Crippen LogP contribution in [0.3, 0.4) is 0 Å². The Hall–Kier alpha value is -2.32. The van der Waals surface area contributed by atoms with Crippen molar-refractivity contribution in [3.05, 3.63) is 90.3 Å². The van der Waals surface area contributed by atoms with Crippen molar-refractivity contribution in [3.63, 3.8) is 0 Å². The molecule has 0 unspecified atom stereocenters. The molecule has 3 aromatic rings. The van der Waals surface area contributed by atoms with Crippen LogP contribution in [0.1, 0.15) is 11.1 Å². The lowest BCUT2D eigenvalue weighted by Crippen LogP contribution is -2.17. The smallest absolute Gasteiger partial charge is 0.0494 e. The molecule has 0 fully saturated rings. The summed E-state index contributed by atoms with van der Waals surface area (Å²) in [5, 5.41) is 3.54. The van der Waals surface area contributed by atoms with Gasteiger partial charge in [-0.2, -0.15) is 0 Å². The van der Waals surface area contributed by atoms with E-state index in [2.05, 4.69) is 89.0 Å². The molecule has 3 rings (SSSR count). The van der Waals surface area contributed by atoms with Gasteiger partial charge in [-0.15, -0.1) is 0 Å². The largest absolute Gasteiger partial charge is 0.324 e. The Kier molecular flexibility index (Phi) is 4.49. The molecule has 1 aromatic heterocycles. The van der Waals surface area contributed by atoms with Gasteiger partial charge in [-0.1, -0.05) is 48.5 Å². The van der Waals surface area contributed by atoms with E-state index in [-0.39, 0.29) is 0 Å². The first kappa shape index (κ1) is 13.7. The second-order valence-corrected chi connectivity index (χ2v) is 5.13. The van der Waals surface area contributed by atoms with Crippen LogP contribution >= 0.6 is 0 Å². The lowest BCUT2D eigenvalue weighted by Gasteiger charge is -2.11. The molecule has 0 amide bonds. The number of aromatic nitrogens is 1. The molecule has 2 nitrogen and oxygen atoms in total. The van der Waals surface area contributed by atoms with Crippen molar-refractivity contribution < 1.29 is 0 Å². The Morgan fingerprint density at radius 1 is 0.762 bits per heavy atom. The highest BCUT2D eigenvalue weighted by Gasteiger charge is 2.02. The monoisotopic (exact) mass is 276 g/mol. The fourth-order valence-electron chi connectivity index (χ4n) is 2.51. The Bertz CT molecular complexity index is 657. The van der Waals surface area contributed by atoms with Gasteiger partial charge in [-0.05, 0) is 42.3 Å². The van der Waals surface area contributed by atoms with E-state index in [4.69, 9.17) is 0 Å². The molecular formula is C19H20N2. The van der Waals surface area contributed by atoms with Crippen LogP contribution < -0.4 is 5.32 Å². The van der Waals surface area contributed by atoms with Crippen molar-refractivity contribution in [2.45, 2.75) is 13.0 Å². The average Bonchev–Trinajstić information content (AvgIpc) is 3.07. The van der Waals surface area contributed by atoms with Crippen LogP contribution in [0.25, 0.3) is 5.69 Å². The van der Waals surface area contributed by atoms with Gasteiger partial charge in [0.05, 0.1) is 0 Å². The summed E-state index contributed by atoms with van der Waals surface area (Å²) in [4.78, 5) is 0. The topological polar surface area (TPSA) is 17.0 Å². The summed E-state index contributed by atoms with van der Waals surface area (Å²) in [7, 11) is 0. The number of rotatable bonds is 6. The fourth-order valence-corrected chi connectivity index (χ4v) is 2.51. The first-order valence-electron chi connectivity index (χ1n) is 7.39. The van der Waals surface area contributed by atoms with Crippen LogP contribution in [-0.4, -0.2) is 11.1 Å². The van der Waals surface area contributed by atoms with E-state index in [0.29, 0.717) is 0 Å². The molecule has 0 aliphatic rings. The fraction of sp³-hybridized carbons (Fsp3) is 0.158. The van der Waals surface area contributed by atoms with Crippen LogP contribution in [0.4, 0.5) is 0 Å². The summed E-state index contributed by atoms with van der Waals surface area (Å²) in [5.41, 5.74) is 3.94. The molecule has 2 aromatic carbocycles. The highest BCUT2D eigenvalue weighted by atomic mass is 15.0. The van der Waals surface area contributed by atoms with Gasteiger partial charge in [0.25, 0.3) is 0 Å². The molecule has 0 atom stereocenters. The van der Waals surface area contributed by atoms with Crippen LogP contribution in [0.5, 0.6) is 0 Å². The maximum Gasteiger partial charge on any atom is 0.0494 e. The van der Waals surface area contributed by atoms with Crippen molar-refractivity contribution in [2.75, 3.05) is 6.54 Å². The maximum absolute atomic E-state index is 3.54. The van der Waals surface area contributed by atoms with Crippen LogP contribution in [0.2, 0.25) is 0 Å². The number of nitrogens with one attached hydrogen (secondary N) is 1. The van der Waals surface area contributed by atoms with Gasteiger partial charge >= 0.3 is 0 Å². The van der Waals surface area contributed by atoms with E-state index in [9.17, 15) is 0 Å². The summed E-state index contributed by atoms with van der Waals surface area (Å²) in [6, 6.07) is 23.2. The standard InChI is InChI=1S/C19H20N2/c1-2-8-17(9-3-1)12-13-20-16-18-10-4-5-11-19(18)21-14-6-7-15-21/h1-11,14-15,20H,12-13,16H2. The minimum Gasteiger partial charge on any atom is -0.324 e. The van der Waals surface area contributed by atoms with Crippen LogP contribution in [-0.2, 0) is 13.0 Å². The second kappa shape index (κ2) is 6.91. The Balaban J connectivity index is 1.59. The van der Waals surface area contributed by atoms with Crippen molar-refractivity contribution in [1.82, 2.24) is 9.88 Å². The maximum atomic E-state index is 3.54. The highest BCUT2D eigenvalue weighted by molar-refractivity contribution is 5.41. The van der Waals surface area contributed by atoms with E-state index < -0.39 is 0 Å². The second-order valence-electron chi connectivity index (χ2n) is 5.13. The minimum atomic E-state index is 0.890. The summed E-state index contributed by atoms with van der Waals surface area (Å²) in [6.07, 6.45) is 5.23. The van der Waals surface area contributed by atoms with Crippen LogP contribution in [0, 0.1) is 0 Å². The van der Waals surface area contributed by atoms with E-state index in [1.807, 2.05) is 0 Å². The van der Waals surface area contributed by atoms with Gasteiger partial charge in [-0.25, -0.2) is 0 Å². The van der Waals surface area contributed by atoms with Crippen molar-refractivity contribution in [3.8, 4) is 5.69 Å². The molecule has 0 saturated carbocycles. The zero-order valence-electron chi connectivity index (χ0n) is 12.1. The van der Waals surface area contributed by atoms with Gasteiger partial charge in [0.15, 0.2) is 0 Å². The Morgan fingerprint density at radius 2 is 1.48 bits per heavy atom. The van der Waals surface area contributed by atoms with E-state index >= 15 is 0 Å². The molecule has 0 bridgehead atoms. The van der Waals surface area contributed by atoms with E-state index in [1.165, 1.54) is 16.8 Å². The molecule has 1 N–H and O–H groups in total. The summed E-state index contributed by atoms with van der Waals surface area (Å²) in [5.74, 6) is 0. The quantitative estimate of drug-likeness (QED) is 0.677. The molecule has 1 heterocycles. The van der Waals surface area contributed by atoms with Crippen molar-refractivity contribution in [1.29, 1.82) is 0 Å². The summed E-state index contributed by atoms with van der Waals surface area (Å²) >= 11 is 0. The number of nitrogens with zero attached hydrogens (tertiary/aromatic N) is 1. The summed E-state index contributed by atoms with van der Waals surface area (Å²) < 4.78 is 2.16. The number of para-hydroxylation sites is 1. The highest BCUT2D eigenvalue weighted by Crippen LogP contribution is 2.14. The number of benzene rings is 2. The van der Waals surface area contributed by atoms with Crippen molar-refractivity contribution in [2.24, 2.45) is 0 Å². The first-order chi connectivity index (χ1) is 10.4. The van der Waals surface area contributed by atoms with E-state index in [1.54, 1.807) is 0 Å². The molecule has 106 valence electrons. The van der Waals surface area contributed by atoms with Gasteiger partial charge in [0, 0.05) is 24.6 Å². The molecule has 0 aliphatic carbocycles. The van der Waals surface area contributed by atoms with Gasteiger partial charge in [0.1, 0.15) is 0 Å². The predicted octanol–water partition coefficient (Wildman–Crippen LogP) is 3.81. The molecule has 21 heavy (non-hydrogen) atoms. The SMILES string of the molecule is c1ccc(CCNCc2ccccc2-n2cccc2)cc1. The minimum absolute atomic E-state index is 0.890. The number of hydrogen-bond acceptors (Lipinski definition) is 1. The number of hydrogen-bond donors (Lipinski definition) is 1. The lowest BCUT2D eigenvalue weighted by atomic mass is 10.1. The predicted molar refractivity (Wildman–Crippen MR) is 87.6 cm³/mol. The van der Waals surface area contributed by atoms with Gasteiger partial charge in [-0.3, -0.25) is 0 Å². The zero-order chi connectivity index (χ0) is 14.3. The normalized spacial score (nSPS) is 10.7. The van der Waals surface area contributed by atoms with Gasteiger partial charge < -0.3 is 9.88 Å². The Morgan fingerprint density at radius 3 is 2.29 bits per heavy atom. The molecule has 0 spiro atoms. The zero-order valence-corrected chi connectivity index (χ0v) is 12.1. The molecular weight excluding hydrogens is 256 g/mol. The first-order valence-corrected chi connectivity index (χ1v) is 7.39. The molecule has 0 aliphatic heterocycles. The van der Waals surface area contributed by atoms with Crippen molar-refractivity contribution >= 4 is 0 Å². The summed E-state index contributed by atoms with van der Waals surface area (Å²) in [6.45, 7) is 1.88. The third kappa shape index (κ3) is 3.61. The van der Waals surface area contributed by atoms with Crippen LogP contribution in [0.15, 0.2) is 79.1 Å². The van der Waals surface area contributed by atoms with Gasteiger partial charge in [0.2, 0.25) is 0 Å². The Labute approximate surface area is 126 Å². The third-order valence-corrected chi connectivity index (χ3v) is 3.62. The molecule has 2 heteroatoms. The third-order valence-electron chi connectivity index (χ3n) is 3.62. The average molecular weight is 276 g/mol.